The molecule has 0 fully saturated rings. The smallest absolute Gasteiger partial charge is 0.323 e. The summed E-state index contributed by atoms with van der Waals surface area (Å²) in [6.07, 6.45) is 5.11. The minimum atomic E-state index is -1.07. The summed E-state index contributed by atoms with van der Waals surface area (Å²) in [6.45, 7) is -0.348. The van der Waals surface area contributed by atoms with Gasteiger partial charge in [0.05, 0.1) is 12.3 Å². The molecule has 94 valence electrons. The van der Waals surface area contributed by atoms with E-state index in [1.54, 1.807) is 0 Å². The Labute approximate surface area is 110 Å². The van der Waals surface area contributed by atoms with Crippen LogP contribution in [0.3, 0.4) is 0 Å². The van der Waals surface area contributed by atoms with E-state index in [4.69, 9.17) is 11.5 Å². The molecule has 4 nitrogen and oxygen atoms in total. The van der Waals surface area contributed by atoms with Gasteiger partial charge in [-0.2, -0.15) is 0 Å². The van der Waals surface area contributed by atoms with Crippen LogP contribution in [-0.2, 0) is 9.59 Å². The van der Waals surface area contributed by atoms with Crippen LogP contribution >= 0.6 is 11.8 Å². The van der Waals surface area contributed by atoms with Crippen molar-refractivity contribution in [2.45, 2.75) is 4.90 Å². The second kappa shape index (κ2) is 7.41. The second-order valence-electron chi connectivity index (χ2n) is 3.45. The molecule has 0 aliphatic carbocycles. The van der Waals surface area contributed by atoms with E-state index in [2.05, 4.69) is 5.92 Å². The largest absolute Gasteiger partial charge is 0.480 e. The van der Waals surface area contributed by atoms with Crippen LogP contribution in [0.5, 0.6) is 0 Å². The van der Waals surface area contributed by atoms with Gasteiger partial charge in [0.25, 0.3) is 0 Å². The van der Waals surface area contributed by atoms with Crippen LogP contribution in [0.25, 0.3) is 0 Å². The Hall–Kier alpha value is -1.93. The fraction of sp³-hybridized carbons (Fsp3) is 0.231. The number of carboxylic acid groups (broad SMARTS) is 1. The molecule has 0 bridgehead atoms. The lowest BCUT2D eigenvalue weighted by Crippen LogP contribution is -2.37. The zero-order chi connectivity index (χ0) is 13.4. The zero-order valence-electron chi connectivity index (χ0n) is 9.70. The molecule has 1 N–H and O–H groups in total. The van der Waals surface area contributed by atoms with Crippen LogP contribution in [-0.4, -0.2) is 40.7 Å². The van der Waals surface area contributed by atoms with Gasteiger partial charge in [-0.1, -0.05) is 24.1 Å². The van der Waals surface area contributed by atoms with E-state index in [0.29, 0.717) is 0 Å². The number of carbonyl (C=O) groups is 2. The summed E-state index contributed by atoms with van der Waals surface area (Å²) in [7, 11) is 0. The molecule has 0 heterocycles. The molecule has 0 radical (unpaired) electrons. The predicted molar refractivity (Wildman–Crippen MR) is 70.2 cm³/mol. The Kier molecular flexibility index (Phi) is 5.81. The lowest BCUT2D eigenvalue weighted by Gasteiger charge is -2.17. The monoisotopic (exact) mass is 263 g/mol. The van der Waals surface area contributed by atoms with Crippen molar-refractivity contribution in [3.8, 4) is 12.3 Å². The van der Waals surface area contributed by atoms with Gasteiger partial charge in [0, 0.05) is 4.90 Å². The first-order chi connectivity index (χ1) is 8.63. The lowest BCUT2D eigenvalue weighted by atomic mass is 10.4. The maximum absolute atomic E-state index is 11.8. The summed E-state index contributed by atoms with van der Waals surface area (Å²) in [6, 6.07) is 9.43. The van der Waals surface area contributed by atoms with Crippen molar-refractivity contribution in [2.75, 3.05) is 18.8 Å². The van der Waals surface area contributed by atoms with Gasteiger partial charge < -0.3 is 10.0 Å². The SMILES string of the molecule is C#CCN(CC(=O)O)C(=O)CSc1ccccc1. The third-order valence-electron chi connectivity index (χ3n) is 2.07. The van der Waals surface area contributed by atoms with Crippen molar-refractivity contribution in [2.24, 2.45) is 0 Å². The number of hydrogen-bond acceptors (Lipinski definition) is 3. The molecule has 0 atom stereocenters. The molecule has 0 aliphatic heterocycles. The average Bonchev–Trinajstić information content (AvgIpc) is 2.36. The number of nitrogens with zero attached hydrogens (tertiary/aromatic N) is 1. The van der Waals surface area contributed by atoms with Gasteiger partial charge in [-0.25, -0.2) is 0 Å². The van der Waals surface area contributed by atoms with Gasteiger partial charge in [-0.15, -0.1) is 18.2 Å². The Morgan fingerprint density at radius 1 is 1.33 bits per heavy atom. The number of thioether (sulfide) groups is 1. The van der Waals surface area contributed by atoms with Crippen LogP contribution in [0, 0.1) is 12.3 Å². The molecule has 0 aromatic heterocycles. The third kappa shape index (κ3) is 4.93. The quantitative estimate of drug-likeness (QED) is 0.621. The minimum Gasteiger partial charge on any atom is -0.480 e. The number of terminal acetylenes is 1. The number of rotatable bonds is 6. The fourth-order valence-corrected chi connectivity index (χ4v) is 2.08. The molecule has 1 rings (SSSR count). The summed E-state index contributed by atoms with van der Waals surface area (Å²) in [4.78, 5) is 24.5. The highest BCUT2D eigenvalue weighted by molar-refractivity contribution is 8.00. The number of amides is 1. The number of carbonyl (C=O) groups excluding carboxylic acids is 1. The minimum absolute atomic E-state index is 0.0144. The van der Waals surface area contributed by atoms with Crippen molar-refractivity contribution in [3.05, 3.63) is 30.3 Å². The van der Waals surface area contributed by atoms with E-state index in [9.17, 15) is 9.59 Å². The standard InChI is InChI=1S/C13H13NO3S/c1-2-8-14(9-13(16)17)12(15)10-18-11-6-4-3-5-7-11/h1,3-7H,8-10H2,(H,16,17). The number of hydrogen-bond donors (Lipinski definition) is 1. The topological polar surface area (TPSA) is 57.6 Å². The van der Waals surface area contributed by atoms with Gasteiger partial charge in [-0.3, -0.25) is 9.59 Å². The van der Waals surface area contributed by atoms with Crippen molar-refractivity contribution >= 4 is 23.6 Å². The summed E-state index contributed by atoms with van der Waals surface area (Å²) >= 11 is 1.36. The first-order valence-corrected chi connectivity index (χ1v) is 6.23. The van der Waals surface area contributed by atoms with Crippen LogP contribution in [0.2, 0.25) is 0 Å². The van der Waals surface area contributed by atoms with Crippen molar-refractivity contribution in [1.29, 1.82) is 0 Å². The highest BCUT2D eigenvalue weighted by Gasteiger charge is 2.15. The van der Waals surface area contributed by atoms with Crippen LogP contribution in [0.15, 0.2) is 35.2 Å². The first-order valence-electron chi connectivity index (χ1n) is 5.24. The molecule has 1 aromatic carbocycles. The van der Waals surface area contributed by atoms with E-state index in [0.717, 1.165) is 9.80 Å². The van der Waals surface area contributed by atoms with E-state index in [1.807, 2.05) is 30.3 Å². The van der Waals surface area contributed by atoms with Crippen LogP contribution < -0.4 is 0 Å². The fourth-order valence-electron chi connectivity index (χ4n) is 1.26. The van der Waals surface area contributed by atoms with E-state index in [-0.39, 0.29) is 24.7 Å². The summed E-state index contributed by atoms with van der Waals surface area (Å²) in [5, 5.41) is 8.68. The van der Waals surface area contributed by atoms with Crippen LogP contribution in [0.4, 0.5) is 0 Å². The Balaban J connectivity index is 2.52. The molecule has 0 saturated heterocycles. The molecule has 18 heavy (non-hydrogen) atoms. The summed E-state index contributed by atoms with van der Waals surface area (Å²) in [5.74, 6) is 1.12. The molecule has 0 saturated carbocycles. The van der Waals surface area contributed by atoms with Gasteiger partial charge in [-0.05, 0) is 12.1 Å². The molecule has 0 unspecified atom stereocenters. The van der Waals surface area contributed by atoms with Gasteiger partial charge in [0.15, 0.2) is 0 Å². The highest BCUT2D eigenvalue weighted by atomic mass is 32.2. The maximum Gasteiger partial charge on any atom is 0.323 e. The zero-order valence-corrected chi connectivity index (χ0v) is 10.5. The normalized spacial score (nSPS) is 9.50. The van der Waals surface area contributed by atoms with E-state index < -0.39 is 5.97 Å². The lowest BCUT2D eigenvalue weighted by molar-refractivity contribution is -0.143. The molecule has 1 aromatic rings. The van der Waals surface area contributed by atoms with E-state index >= 15 is 0 Å². The first kappa shape index (κ1) is 14.1. The molecular weight excluding hydrogens is 250 g/mol. The van der Waals surface area contributed by atoms with Crippen molar-refractivity contribution in [3.63, 3.8) is 0 Å². The summed E-state index contributed by atoms with van der Waals surface area (Å²) in [5.41, 5.74) is 0. The summed E-state index contributed by atoms with van der Waals surface area (Å²) < 4.78 is 0. The van der Waals surface area contributed by atoms with Crippen molar-refractivity contribution < 1.29 is 14.7 Å². The number of benzene rings is 1. The van der Waals surface area contributed by atoms with E-state index in [1.165, 1.54) is 11.8 Å². The number of carboxylic acids is 1. The second-order valence-corrected chi connectivity index (χ2v) is 4.50. The molecular formula is C13H13NO3S. The molecule has 5 heteroatoms. The highest BCUT2D eigenvalue weighted by Crippen LogP contribution is 2.17. The predicted octanol–water partition coefficient (Wildman–Crippen LogP) is 1.33. The maximum atomic E-state index is 11.8. The molecule has 1 amide bonds. The Bertz CT molecular complexity index is 453. The Morgan fingerprint density at radius 2 is 2.00 bits per heavy atom. The van der Waals surface area contributed by atoms with Gasteiger partial charge in [0.1, 0.15) is 6.54 Å². The molecule has 0 spiro atoms. The van der Waals surface area contributed by atoms with Gasteiger partial charge in [0.2, 0.25) is 5.91 Å². The average molecular weight is 263 g/mol. The van der Waals surface area contributed by atoms with Crippen molar-refractivity contribution in [1.82, 2.24) is 4.90 Å². The third-order valence-corrected chi connectivity index (χ3v) is 3.06. The van der Waals surface area contributed by atoms with Crippen LogP contribution in [0.1, 0.15) is 0 Å². The van der Waals surface area contributed by atoms with Gasteiger partial charge >= 0.3 is 5.97 Å². The number of aliphatic carboxylic acids is 1. The molecule has 0 aliphatic rings. The Morgan fingerprint density at radius 3 is 2.56 bits per heavy atom.